The van der Waals surface area contributed by atoms with Gasteiger partial charge in [-0.15, -0.1) is 0 Å². The molecule has 0 spiro atoms. The van der Waals surface area contributed by atoms with Gasteiger partial charge in [-0.05, 0) is 73.1 Å². The Hall–Kier alpha value is -1.79. The normalized spacial score (nSPS) is 23.6. The molecule has 7 nitrogen and oxygen atoms in total. The molecular formula is C24H43NO6. The number of aliphatic carboxylic acids is 1. The van der Waals surface area contributed by atoms with Crippen molar-refractivity contribution in [2.75, 3.05) is 0 Å². The SMILES string of the molecule is CC(C)(C)OC(=O)N1[C@@H]2CC[C@@H](C2)[C@H]1C(=O)O.CCCCCC(C)C(=O)OC(C)(C)C. The smallest absolute Gasteiger partial charge is 0.411 e. The Bertz CT molecular complexity index is 619. The summed E-state index contributed by atoms with van der Waals surface area (Å²) in [6, 6.07) is -0.639. The van der Waals surface area contributed by atoms with Crippen molar-refractivity contribution in [2.45, 2.75) is 124 Å². The van der Waals surface area contributed by atoms with E-state index in [-0.39, 0.29) is 29.4 Å². The lowest BCUT2D eigenvalue weighted by Crippen LogP contribution is -2.50. The highest BCUT2D eigenvalue weighted by Crippen LogP contribution is 2.43. The molecule has 1 saturated carbocycles. The fraction of sp³-hybridized carbons (Fsp3) is 0.875. The molecule has 180 valence electrons. The highest BCUT2D eigenvalue weighted by atomic mass is 16.6. The summed E-state index contributed by atoms with van der Waals surface area (Å²) in [5.41, 5.74) is -0.932. The van der Waals surface area contributed by atoms with Crippen LogP contribution < -0.4 is 0 Å². The molecule has 2 bridgehead atoms. The van der Waals surface area contributed by atoms with Crippen molar-refractivity contribution < 1.29 is 29.0 Å². The Labute approximate surface area is 187 Å². The van der Waals surface area contributed by atoms with Crippen LogP contribution in [0.3, 0.4) is 0 Å². The molecule has 31 heavy (non-hydrogen) atoms. The zero-order valence-corrected chi connectivity index (χ0v) is 20.7. The Balaban J connectivity index is 0.000000318. The van der Waals surface area contributed by atoms with Gasteiger partial charge >= 0.3 is 18.0 Å². The van der Waals surface area contributed by atoms with Crippen LogP contribution in [-0.2, 0) is 19.1 Å². The molecule has 4 atom stereocenters. The van der Waals surface area contributed by atoms with Crippen LogP contribution in [0.4, 0.5) is 4.79 Å². The van der Waals surface area contributed by atoms with Crippen molar-refractivity contribution in [1.29, 1.82) is 0 Å². The van der Waals surface area contributed by atoms with E-state index in [0.717, 1.165) is 32.1 Å². The van der Waals surface area contributed by atoms with Crippen LogP contribution in [0.1, 0.15) is 100 Å². The molecule has 2 fully saturated rings. The number of hydrogen-bond donors (Lipinski definition) is 1. The molecule has 7 heteroatoms. The minimum Gasteiger partial charge on any atom is -0.480 e. The van der Waals surface area contributed by atoms with Gasteiger partial charge in [0.05, 0.1) is 5.92 Å². The topological polar surface area (TPSA) is 93.1 Å². The van der Waals surface area contributed by atoms with E-state index in [1.807, 2.05) is 27.7 Å². The molecule has 0 aromatic carbocycles. The number of esters is 1. The van der Waals surface area contributed by atoms with Crippen LogP contribution >= 0.6 is 0 Å². The first-order valence-electron chi connectivity index (χ1n) is 11.6. The van der Waals surface area contributed by atoms with Gasteiger partial charge in [0, 0.05) is 6.04 Å². The van der Waals surface area contributed by atoms with E-state index in [0.29, 0.717) is 0 Å². The summed E-state index contributed by atoms with van der Waals surface area (Å²) in [6.07, 6.45) is 6.58. The summed E-state index contributed by atoms with van der Waals surface area (Å²) in [7, 11) is 0. The number of nitrogens with zero attached hydrogens (tertiary/aromatic N) is 1. The van der Waals surface area contributed by atoms with E-state index in [9.17, 15) is 19.5 Å². The number of carboxylic acid groups (broad SMARTS) is 1. The minimum atomic E-state index is -0.914. The van der Waals surface area contributed by atoms with Crippen molar-refractivity contribution >= 4 is 18.0 Å². The molecule has 1 N–H and O–H groups in total. The average molecular weight is 442 g/mol. The standard InChI is InChI=1S/C12H19NO4.C12H24O2/c1-12(2,3)17-11(16)13-8-5-4-7(6-8)9(13)10(14)15;1-6-7-8-9-10(2)11(13)14-12(3,4)5/h7-9H,4-6H2,1-3H3,(H,14,15);10H,6-9H2,1-5H3/t7-,8+,9-;/m0./s1. The van der Waals surface area contributed by atoms with E-state index >= 15 is 0 Å². The number of hydrogen-bond acceptors (Lipinski definition) is 5. The zero-order valence-electron chi connectivity index (χ0n) is 20.7. The lowest BCUT2D eigenvalue weighted by molar-refractivity contribution is -0.159. The Morgan fingerprint density at radius 2 is 1.58 bits per heavy atom. The van der Waals surface area contributed by atoms with E-state index in [1.54, 1.807) is 20.8 Å². The van der Waals surface area contributed by atoms with Crippen LogP contribution in [0.15, 0.2) is 0 Å². The van der Waals surface area contributed by atoms with Crippen LogP contribution in [0, 0.1) is 11.8 Å². The van der Waals surface area contributed by atoms with Gasteiger partial charge in [0.2, 0.25) is 0 Å². The monoisotopic (exact) mass is 441 g/mol. The number of fused-ring (bicyclic) bond motifs is 2. The third-order valence-corrected chi connectivity index (χ3v) is 5.49. The number of carbonyl (C=O) groups is 3. The van der Waals surface area contributed by atoms with Crippen molar-refractivity contribution in [1.82, 2.24) is 4.90 Å². The predicted molar refractivity (Wildman–Crippen MR) is 120 cm³/mol. The number of likely N-dealkylation sites (tertiary alicyclic amines) is 1. The average Bonchev–Trinajstić information content (AvgIpc) is 3.20. The van der Waals surface area contributed by atoms with Crippen molar-refractivity contribution in [3.8, 4) is 0 Å². The van der Waals surface area contributed by atoms with E-state index in [2.05, 4.69) is 6.92 Å². The highest BCUT2D eigenvalue weighted by molar-refractivity contribution is 5.82. The van der Waals surface area contributed by atoms with E-state index < -0.39 is 23.7 Å². The number of ether oxygens (including phenoxy) is 2. The maximum Gasteiger partial charge on any atom is 0.411 e. The third-order valence-electron chi connectivity index (χ3n) is 5.49. The second-order valence-electron chi connectivity index (χ2n) is 10.8. The van der Waals surface area contributed by atoms with E-state index in [4.69, 9.17) is 9.47 Å². The molecular weight excluding hydrogens is 398 g/mol. The van der Waals surface area contributed by atoms with Gasteiger partial charge < -0.3 is 14.6 Å². The summed E-state index contributed by atoms with van der Waals surface area (Å²) in [6.45, 7) is 15.2. The lowest BCUT2D eigenvalue weighted by Gasteiger charge is -2.34. The molecule has 2 aliphatic rings. The summed E-state index contributed by atoms with van der Waals surface area (Å²) >= 11 is 0. The van der Waals surface area contributed by atoms with Gasteiger partial charge in [-0.1, -0.05) is 33.1 Å². The predicted octanol–water partition coefficient (Wildman–Crippen LogP) is 5.40. The van der Waals surface area contributed by atoms with Gasteiger partial charge in [0.25, 0.3) is 0 Å². The Kier molecular flexibility index (Phi) is 9.83. The molecule has 1 aliphatic heterocycles. The van der Waals surface area contributed by atoms with Crippen molar-refractivity contribution in [3.05, 3.63) is 0 Å². The molecule has 0 radical (unpaired) electrons. The van der Waals surface area contributed by atoms with Gasteiger partial charge in [0.1, 0.15) is 17.2 Å². The number of carbonyl (C=O) groups excluding carboxylic acids is 2. The molecule has 2 rings (SSSR count). The summed E-state index contributed by atoms with van der Waals surface area (Å²) < 4.78 is 10.6. The summed E-state index contributed by atoms with van der Waals surface area (Å²) in [5.74, 6) is -0.831. The van der Waals surface area contributed by atoms with E-state index in [1.165, 1.54) is 17.7 Å². The Morgan fingerprint density at radius 1 is 1.00 bits per heavy atom. The van der Waals surface area contributed by atoms with Crippen molar-refractivity contribution in [3.63, 3.8) is 0 Å². The van der Waals surface area contributed by atoms with Crippen LogP contribution in [0.25, 0.3) is 0 Å². The van der Waals surface area contributed by atoms with Gasteiger partial charge in [-0.2, -0.15) is 0 Å². The zero-order chi connectivity index (χ0) is 24.0. The van der Waals surface area contributed by atoms with Crippen LogP contribution in [0.5, 0.6) is 0 Å². The van der Waals surface area contributed by atoms with Crippen LogP contribution in [0.2, 0.25) is 0 Å². The first-order chi connectivity index (χ1) is 14.2. The minimum absolute atomic E-state index is 0.0424. The number of carboxylic acids is 1. The number of piperidine rings is 1. The molecule has 0 aromatic heterocycles. The van der Waals surface area contributed by atoms with Gasteiger partial charge in [-0.3, -0.25) is 9.69 Å². The maximum absolute atomic E-state index is 12.0. The number of rotatable bonds is 6. The molecule has 1 saturated heterocycles. The first kappa shape index (κ1) is 27.2. The maximum atomic E-state index is 12.0. The molecule has 1 unspecified atom stereocenters. The second kappa shape index (κ2) is 11.2. The fourth-order valence-electron chi connectivity index (χ4n) is 4.10. The fourth-order valence-corrected chi connectivity index (χ4v) is 4.10. The molecule has 1 heterocycles. The van der Waals surface area contributed by atoms with Gasteiger partial charge in [0.15, 0.2) is 0 Å². The third kappa shape index (κ3) is 9.08. The molecule has 1 aliphatic carbocycles. The number of unbranched alkanes of at least 4 members (excludes halogenated alkanes) is 2. The highest BCUT2D eigenvalue weighted by Gasteiger charge is 2.52. The molecule has 0 aromatic rings. The second-order valence-corrected chi connectivity index (χ2v) is 10.8. The first-order valence-corrected chi connectivity index (χ1v) is 11.6. The van der Waals surface area contributed by atoms with Gasteiger partial charge in [-0.25, -0.2) is 9.59 Å². The quantitative estimate of drug-likeness (QED) is 0.438. The largest absolute Gasteiger partial charge is 0.480 e. The summed E-state index contributed by atoms with van der Waals surface area (Å²) in [4.78, 5) is 36.2. The van der Waals surface area contributed by atoms with Crippen molar-refractivity contribution in [2.24, 2.45) is 11.8 Å². The Morgan fingerprint density at radius 3 is 2.06 bits per heavy atom. The molecule has 1 amide bonds. The van der Waals surface area contributed by atoms with Crippen LogP contribution in [-0.4, -0.2) is 51.3 Å². The lowest BCUT2D eigenvalue weighted by atomic mass is 9.99. The number of amides is 1. The summed E-state index contributed by atoms with van der Waals surface area (Å²) in [5, 5.41) is 9.20.